The largest absolute Gasteiger partial charge is 0.484 e. The van der Waals surface area contributed by atoms with Gasteiger partial charge < -0.3 is 14.4 Å². The molecule has 0 radical (unpaired) electrons. The summed E-state index contributed by atoms with van der Waals surface area (Å²) in [5.41, 5.74) is 0.536. The molecular weight excluding hydrogens is 308 g/mol. The molecule has 2 rings (SSSR count). The van der Waals surface area contributed by atoms with Gasteiger partial charge in [-0.15, -0.1) is 0 Å². The van der Waals surface area contributed by atoms with Crippen molar-refractivity contribution in [2.45, 2.75) is 0 Å². The van der Waals surface area contributed by atoms with Gasteiger partial charge in [0.05, 0.1) is 25.2 Å². The number of rotatable bonds is 5. The lowest BCUT2D eigenvalue weighted by Gasteiger charge is -2.26. The molecule has 1 amide bonds. The van der Waals surface area contributed by atoms with Crippen LogP contribution in [0.15, 0.2) is 24.3 Å². The fourth-order valence-corrected chi connectivity index (χ4v) is 2.50. The first-order valence-electron chi connectivity index (χ1n) is 6.90. The topological polar surface area (TPSA) is 76.2 Å². The molecule has 0 saturated carbocycles. The summed E-state index contributed by atoms with van der Waals surface area (Å²) in [6.45, 7) is 2.23. The highest BCUT2D eigenvalue weighted by atomic mass is 32.2. The quantitative estimate of drug-likeness (QED) is 0.778. The van der Waals surface area contributed by atoms with Gasteiger partial charge >= 0.3 is 0 Å². The number of ether oxygens (including phenoxy) is 2. The molecular formula is C14H20N2O5S. The number of carbonyl (C=O) groups is 1. The van der Waals surface area contributed by atoms with Crippen molar-refractivity contribution in [1.29, 1.82) is 0 Å². The van der Waals surface area contributed by atoms with Crippen molar-refractivity contribution in [1.82, 2.24) is 4.90 Å². The summed E-state index contributed by atoms with van der Waals surface area (Å²) in [7, 11) is -1.81. The molecule has 0 aromatic heterocycles. The summed E-state index contributed by atoms with van der Waals surface area (Å²) in [5, 5.41) is 0. The molecule has 7 nitrogen and oxygen atoms in total. The maximum absolute atomic E-state index is 11.9. The minimum Gasteiger partial charge on any atom is -0.484 e. The van der Waals surface area contributed by atoms with Crippen LogP contribution in [0.2, 0.25) is 0 Å². The van der Waals surface area contributed by atoms with Crippen molar-refractivity contribution in [3.05, 3.63) is 24.3 Å². The van der Waals surface area contributed by atoms with Crippen LogP contribution in [0, 0.1) is 0 Å². The molecule has 122 valence electrons. The molecule has 1 aliphatic heterocycles. The van der Waals surface area contributed by atoms with Crippen molar-refractivity contribution in [2.24, 2.45) is 0 Å². The highest BCUT2D eigenvalue weighted by Gasteiger charge is 2.17. The Balaban J connectivity index is 1.90. The van der Waals surface area contributed by atoms with Gasteiger partial charge in [-0.1, -0.05) is 0 Å². The third kappa shape index (κ3) is 4.35. The van der Waals surface area contributed by atoms with Gasteiger partial charge in [0.2, 0.25) is 10.0 Å². The van der Waals surface area contributed by atoms with E-state index < -0.39 is 10.0 Å². The highest BCUT2D eigenvalue weighted by molar-refractivity contribution is 7.92. The molecule has 0 bridgehead atoms. The second-order valence-corrected chi connectivity index (χ2v) is 7.02. The van der Waals surface area contributed by atoms with E-state index in [2.05, 4.69) is 0 Å². The number of amides is 1. The molecule has 1 aliphatic rings. The summed E-state index contributed by atoms with van der Waals surface area (Å²) in [5.74, 6) is 0.438. The number of sulfonamides is 1. The molecule has 1 saturated heterocycles. The van der Waals surface area contributed by atoms with E-state index in [9.17, 15) is 13.2 Å². The molecule has 0 unspecified atom stereocenters. The number of hydrogen-bond donors (Lipinski definition) is 0. The SMILES string of the molecule is CN(c1ccc(OCC(=O)N2CCOCC2)cc1)S(C)(=O)=O. The number of benzene rings is 1. The van der Waals surface area contributed by atoms with Gasteiger partial charge in [0.1, 0.15) is 5.75 Å². The molecule has 1 aromatic carbocycles. The summed E-state index contributed by atoms with van der Waals surface area (Å²) < 4.78 is 34.7. The zero-order valence-electron chi connectivity index (χ0n) is 12.7. The van der Waals surface area contributed by atoms with E-state index in [-0.39, 0.29) is 12.5 Å². The summed E-state index contributed by atoms with van der Waals surface area (Å²) in [4.78, 5) is 13.6. The van der Waals surface area contributed by atoms with Crippen LogP contribution in [-0.2, 0) is 19.6 Å². The molecule has 0 aliphatic carbocycles. The summed E-state index contributed by atoms with van der Waals surface area (Å²) >= 11 is 0. The smallest absolute Gasteiger partial charge is 0.260 e. The van der Waals surface area contributed by atoms with Crippen LogP contribution in [-0.4, -0.2) is 65.4 Å². The molecule has 1 heterocycles. The number of morpholine rings is 1. The zero-order chi connectivity index (χ0) is 16.2. The Labute approximate surface area is 130 Å². The fourth-order valence-electron chi connectivity index (χ4n) is 1.99. The number of carbonyl (C=O) groups excluding carboxylic acids is 1. The number of anilines is 1. The van der Waals surface area contributed by atoms with Gasteiger partial charge in [-0.25, -0.2) is 8.42 Å². The van der Waals surface area contributed by atoms with Crippen LogP contribution in [0.3, 0.4) is 0 Å². The highest BCUT2D eigenvalue weighted by Crippen LogP contribution is 2.20. The molecule has 0 atom stereocenters. The first-order valence-corrected chi connectivity index (χ1v) is 8.75. The van der Waals surface area contributed by atoms with Crippen molar-refractivity contribution < 1.29 is 22.7 Å². The van der Waals surface area contributed by atoms with Crippen LogP contribution < -0.4 is 9.04 Å². The predicted molar refractivity (Wildman–Crippen MR) is 82.6 cm³/mol. The fraction of sp³-hybridized carbons (Fsp3) is 0.500. The molecule has 0 spiro atoms. The van der Waals surface area contributed by atoms with Crippen LogP contribution >= 0.6 is 0 Å². The summed E-state index contributed by atoms with van der Waals surface area (Å²) in [6.07, 6.45) is 1.14. The Morgan fingerprint density at radius 2 is 1.86 bits per heavy atom. The minimum absolute atomic E-state index is 0.0404. The Kier molecular flexibility index (Phi) is 5.25. The second-order valence-electron chi connectivity index (χ2n) is 5.01. The van der Waals surface area contributed by atoms with E-state index >= 15 is 0 Å². The maximum Gasteiger partial charge on any atom is 0.260 e. The predicted octanol–water partition coefficient (Wildman–Crippen LogP) is 0.320. The van der Waals surface area contributed by atoms with E-state index in [1.54, 1.807) is 29.2 Å². The average Bonchev–Trinajstić information content (AvgIpc) is 2.52. The van der Waals surface area contributed by atoms with Crippen molar-refractivity contribution in [3.8, 4) is 5.75 Å². The van der Waals surface area contributed by atoms with Crippen molar-refractivity contribution >= 4 is 21.6 Å². The average molecular weight is 328 g/mol. The first kappa shape index (κ1) is 16.6. The van der Waals surface area contributed by atoms with Crippen LogP contribution in [0.1, 0.15) is 0 Å². The lowest BCUT2D eigenvalue weighted by atomic mass is 10.3. The number of hydrogen-bond acceptors (Lipinski definition) is 5. The maximum atomic E-state index is 11.9. The molecule has 1 fully saturated rings. The Bertz CT molecular complexity index is 609. The van der Waals surface area contributed by atoms with Crippen molar-refractivity contribution in [3.63, 3.8) is 0 Å². The zero-order valence-corrected chi connectivity index (χ0v) is 13.5. The lowest BCUT2D eigenvalue weighted by Crippen LogP contribution is -2.42. The normalized spacial score (nSPS) is 15.5. The van der Waals surface area contributed by atoms with E-state index in [1.165, 1.54) is 11.4 Å². The Hall–Kier alpha value is -1.80. The van der Waals surface area contributed by atoms with Crippen LogP contribution in [0.5, 0.6) is 5.75 Å². The van der Waals surface area contributed by atoms with Crippen LogP contribution in [0.25, 0.3) is 0 Å². The minimum atomic E-state index is -3.29. The third-order valence-electron chi connectivity index (χ3n) is 3.42. The number of nitrogens with zero attached hydrogens (tertiary/aromatic N) is 2. The van der Waals surface area contributed by atoms with Crippen LogP contribution in [0.4, 0.5) is 5.69 Å². The van der Waals surface area contributed by atoms with E-state index in [0.717, 1.165) is 6.26 Å². The standard InChI is InChI=1S/C14H20N2O5S/c1-15(22(2,18)19)12-3-5-13(6-4-12)21-11-14(17)16-7-9-20-10-8-16/h3-6H,7-11H2,1-2H3. The van der Waals surface area contributed by atoms with Gasteiger partial charge in [0, 0.05) is 20.1 Å². The van der Waals surface area contributed by atoms with Gasteiger partial charge in [0.15, 0.2) is 6.61 Å². The molecule has 0 N–H and O–H groups in total. The van der Waals surface area contributed by atoms with E-state index in [0.29, 0.717) is 37.7 Å². The molecule has 22 heavy (non-hydrogen) atoms. The Morgan fingerprint density at radius 3 is 2.41 bits per heavy atom. The van der Waals surface area contributed by atoms with E-state index in [1.807, 2.05) is 0 Å². The third-order valence-corrected chi connectivity index (χ3v) is 4.63. The lowest BCUT2D eigenvalue weighted by molar-refractivity contribution is -0.137. The van der Waals surface area contributed by atoms with Gasteiger partial charge in [-0.3, -0.25) is 9.10 Å². The molecule has 8 heteroatoms. The van der Waals surface area contributed by atoms with E-state index in [4.69, 9.17) is 9.47 Å². The monoisotopic (exact) mass is 328 g/mol. The van der Waals surface area contributed by atoms with Gasteiger partial charge in [0.25, 0.3) is 5.91 Å². The second kappa shape index (κ2) is 6.97. The Morgan fingerprint density at radius 1 is 1.27 bits per heavy atom. The van der Waals surface area contributed by atoms with Gasteiger partial charge in [-0.05, 0) is 24.3 Å². The van der Waals surface area contributed by atoms with Gasteiger partial charge in [-0.2, -0.15) is 0 Å². The first-order chi connectivity index (χ1) is 10.4. The van der Waals surface area contributed by atoms with Crippen molar-refractivity contribution in [2.75, 3.05) is 50.5 Å². The summed E-state index contributed by atoms with van der Waals surface area (Å²) in [6, 6.07) is 6.55. The molecule has 1 aromatic rings.